The van der Waals surface area contributed by atoms with Crippen LogP contribution in [0.15, 0.2) is 0 Å². The molecular weight excluding hydrogens is 250 g/mol. The van der Waals surface area contributed by atoms with E-state index in [0.717, 1.165) is 38.4 Å². The van der Waals surface area contributed by atoms with Crippen LogP contribution < -0.4 is 11.1 Å². The van der Waals surface area contributed by atoms with E-state index in [9.17, 15) is 4.79 Å². The Morgan fingerprint density at radius 3 is 2.75 bits per heavy atom. The predicted molar refractivity (Wildman–Crippen MR) is 84.6 cm³/mol. The fraction of sp³-hybridized carbons (Fsp3) is 0.938. The van der Waals surface area contributed by atoms with Gasteiger partial charge >= 0.3 is 0 Å². The first kappa shape index (κ1) is 17.4. The Hall–Kier alpha value is -0.610. The average Bonchev–Trinajstić information content (AvgIpc) is 2.46. The van der Waals surface area contributed by atoms with Gasteiger partial charge < -0.3 is 11.1 Å². The topological polar surface area (TPSA) is 58.4 Å². The van der Waals surface area contributed by atoms with Gasteiger partial charge in [0.25, 0.3) is 0 Å². The monoisotopic (exact) mass is 283 g/mol. The SMILES string of the molecule is CCCN(CCCC(=O)NC)C1(CN)CCCC(C)C1. The van der Waals surface area contributed by atoms with Crippen molar-refractivity contribution in [1.29, 1.82) is 0 Å². The summed E-state index contributed by atoms with van der Waals surface area (Å²) in [6.07, 6.45) is 7.74. The minimum Gasteiger partial charge on any atom is -0.359 e. The van der Waals surface area contributed by atoms with Crippen molar-refractivity contribution in [3.63, 3.8) is 0 Å². The zero-order valence-corrected chi connectivity index (χ0v) is 13.6. The quantitative estimate of drug-likeness (QED) is 0.717. The van der Waals surface area contributed by atoms with Crippen LogP contribution in [-0.4, -0.2) is 43.0 Å². The highest BCUT2D eigenvalue weighted by atomic mass is 16.1. The van der Waals surface area contributed by atoms with Crippen LogP contribution in [0.5, 0.6) is 0 Å². The maximum atomic E-state index is 11.4. The highest BCUT2D eigenvalue weighted by molar-refractivity contribution is 5.75. The van der Waals surface area contributed by atoms with E-state index in [2.05, 4.69) is 24.1 Å². The number of carbonyl (C=O) groups is 1. The Kier molecular flexibility index (Phi) is 7.52. The second kappa shape index (κ2) is 8.63. The third kappa shape index (κ3) is 4.74. The molecule has 2 unspecified atom stereocenters. The molecule has 1 amide bonds. The molecule has 1 rings (SSSR count). The lowest BCUT2D eigenvalue weighted by Gasteiger charge is -2.48. The first-order chi connectivity index (χ1) is 9.57. The molecule has 118 valence electrons. The van der Waals surface area contributed by atoms with Gasteiger partial charge in [-0.1, -0.05) is 26.7 Å². The molecule has 0 aromatic carbocycles. The molecule has 0 saturated heterocycles. The first-order valence-electron chi connectivity index (χ1n) is 8.23. The number of rotatable bonds is 8. The van der Waals surface area contributed by atoms with Gasteiger partial charge in [0.1, 0.15) is 0 Å². The molecule has 4 heteroatoms. The van der Waals surface area contributed by atoms with Crippen molar-refractivity contribution in [1.82, 2.24) is 10.2 Å². The smallest absolute Gasteiger partial charge is 0.219 e. The van der Waals surface area contributed by atoms with Gasteiger partial charge in [0.15, 0.2) is 0 Å². The molecular formula is C16H33N3O. The Balaban J connectivity index is 2.63. The summed E-state index contributed by atoms with van der Waals surface area (Å²) in [5, 5.41) is 2.70. The zero-order valence-electron chi connectivity index (χ0n) is 13.6. The predicted octanol–water partition coefficient (Wildman–Crippen LogP) is 2.13. The normalized spacial score (nSPS) is 26.8. The molecule has 0 heterocycles. The standard InChI is InChI=1S/C16H33N3O/c1-4-10-19(11-6-8-15(20)18-3)16(13-17)9-5-7-14(2)12-16/h14H,4-13,17H2,1-3H3,(H,18,20). The number of nitrogens with one attached hydrogen (secondary N) is 1. The third-order valence-electron chi connectivity index (χ3n) is 4.72. The van der Waals surface area contributed by atoms with E-state index in [-0.39, 0.29) is 11.4 Å². The molecule has 0 aromatic heterocycles. The van der Waals surface area contributed by atoms with Crippen LogP contribution in [-0.2, 0) is 4.79 Å². The van der Waals surface area contributed by atoms with Gasteiger partial charge in [-0.25, -0.2) is 0 Å². The zero-order chi connectivity index (χ0) is 15.0. The summed E-state index contributed by atoms with van der Waals surface area (Å²) in [5.74, 6) is 0.908. The van der Waals surface area contributed by atoms with E-state index in [1.807, 2.05) is 0 Å². The van der Waals surface area contributed by atoms with Crippen LogP contribution in [0.25, 0.3) is 0 Å². The highest BCUT2D eigenvalue weighted by Crippen LogP contribution is 2.36. The largest absolute Gasteiger partial charge is 0.359 e. The van der Waals surface area contributed by atoms with Gasteiger partial charge in [-0.2, -0.15) is 0 Å². The van der Waals surface area contributed by atoms with Gasteiger partial charge in [-0.05, 0) is 44.7 Å². The third-order valence-corrected chi connectivity index (χ3v) is 4.72. The highest BCUT2D eigenvalue weighted by Gasteiger charge is 2.38. The van der Waals surface area contributed by atoms with E-state index in [1.54, 1.807) is 7.05 Å². The van der Waals surface area contributed by atoms with E-state index in [1.165, 1.54) is 25.7 Å². The summed E-state index contributed by atoms with van der Waals surface area (Å²) < 4.78 is 0. The number of hydrogen-bond acceptors (Lipinski definition) is 3. The molecule has 0 bridgehead atoms. The molecule has 4 nitrogen and oxygen atoms in total. The first-order valence-corrected chi connectivity index (χ1v) is 8.23. The van der Waals surface area contributed by atoms with Crippen LogP contribution in [0.2, 0.25) is 0 Å². The van der Waals surface area contributed by atoms with Crippen molar-refractivity contribution in [2.24, 2.45) is 11.7 Å². The number of carbonyl (C=O) groups excluding carboxylic acids is 1. The fourth-order valence-electron chi connectivity index (χ4n) is 3.65. The Morgan fingerprint density at radius 1 is 1.45 bits per heavy atom. The molecule has 1 aliphatic rings. The second-order valence-corrected chi connectivity index (χ2v) is 6.39. The van der Waals surface area contributed by atoms with Crippen molar-refractivity contribution < 1.29 is 4.79 Å². The number of amides is 1. The van der Waals surface area contributed by atoms with Crippen LogP contribution >= 0.6 is 0 Å². The molecule has 3 N–H and O–H groups in total. The molecule has 1 saturated carbocycles. The van der Waals surface area contributed by atoms with Gasteiger partial charge in [0.05, 0.1) is 0 Å². The van der Waals surface area contributed by atoms with Crippen molar-refractivity contribution in [3.05, 3.63) is 0 Å². The molecule has 0 aliphatic heterocycles. The summed E-state index contributed by atoms with van der Waals surface area (Å²) in [6.45, 7) is 7.40. The molecule has 1 aliphatic carbocycles. The van der Waals surface area contributed by atoms with E-state index < -0.39 is 0 Å². The summed E-state index contributed by atoms with van der Waals surface area (Å²) in [5.41, 5.74) is 6.35. The number of nitrogens with zero attached hydrogens (tertiary/aromatic N) is 1. The lowest BCUT2D eigenvalue weighted by atomic mass is 9.75. The summed E-state index contributed by atoms with van der Waals surface area (Å²) in [7, 11) is 1.70. The molecule has 0 aromatic rings. The lowest BCUT2D eigenvalue weighted by Crippen LogP contribution is -2.56. The summed E-state index contributed by atoms with van der Waals surface area (Å²) >= 11 is 0. The average molecular weight is 283 g/mol. The Morgan fingerprint density at radius 2 is 2.20 bits per heavy atom. The Bertz CT molecular complexity index is 295. The maximum absolute atomic E-state index is 11.4. The minimum atomic E-state index is 0.139. The van der Waals surface area contributed by atoms with Crippen molar-refractivity contribution >= 4 is 5.91 Å². The van der Waals surface area contributed by atoms with E-state index >= 15 is 0 Å². The van der Waals surface area contributed by atoms with Crippen LogP contribution in [0.3, 0.4) is 0 Å². The van der Waals surface area contributed by atoms with Crippen molar-refractivity contribution in [2.45, 2.75) is 64.3 Å². The van der Waals surface area contributed by atoms with Crippen LogP contribution in [0.1, 0.15) is 58.8 Å². The second-order valence-electron chi connectivity index (χ2n) is 6.39. The molecule has 0 spiro atoms. The Labute approximate surface area is 124 Å². The van der Waals surface area contributed by atoms with Crippen LogP contribution in [0.4, 0.5) is 0 Å². The maximum Gasteiger partial charge on any atom is 0.219 e. The van der Waals surface area contributed by atoms with E-state index in [0.29, 0.717) is 6.42 Å². The van der Waals surface area contributed by atoms with Gasteiger partial charge in [0, 0.05) is 25.6 Å². The molecule has 20 heavy (non-hydrogen) atoms. The summed E-state index contributed by atoms with van der Waals surface area (Å²) in [6, 6.07) is 0. The lowest BCUT2D eigenvalue weighted by molar-refractivity contribution is -0.120. The molecule has 2 atom stereocenters. The van der Waals surface area contributed by atoms with Crippen LogP contribution in [0, 0.1) is 5.92 Å². The number of nitrogens with two attached hydrogens (primary N) is 1. The van der Waals surface area contributed by atoms with E-state index in [4.69, 9.17) is 5.73 Å². The van der Waals surface area contributed by atoms with Gasteiger partial charge in [0.2, 0.25) is 5.91 Å². The number of hydrogen-bond donors (Lipinski definition) is 2. The van der Waals surface area contributed by atoms with Gasteiger partial charge in [-0.3, -0.25) is 9.69 Å². The minimum absolute atomic E-state index is 0.139. The fourth-order valence-corrected chi connectivity index (χ4v) is 3.65. The van der Waals surface area contributed by atoms with Gasteiger partial charge in [-0.15, -0.1) is 0 Å². The molecule has 0 radical (unpaired) electrons. The van der Waals surface area contributed by atoms with Crippen molar-refractivity contribution in [2.75, 3.05) is 26.7 Å². The molecule has 1 fully saturated rings. The van der Waals surface area contributed by atoms with Crippen molar-refractivity contribution in [3.8, 4) is 0 Å². The summed E-state index contributed by atoms with van der Waals surface area (Å²) in [4.78, 5) is 13.9.